The molecular weight excluding hydrogens is 208 g/mol. The molecular formula is C11H16N2OS. The first kappa shape index (κ1) is 11.9. The van der Waals surface area contributed by atoms with Crippen molar-refractivity contribution in [3.8, 4) is 0 Å². The molecule has 1 aromatic rings. The van der Waals surface area contributed by atoms with Gasteiger partial charge in [0.25, 0.3) is 0 Å². The Morgan fingerprint density at radius 3 is 2.47 bits per heavy atom. The Morgan fingerprint density at radius 1 is 1.40 bits per heavy atom. The molecule has 0 unspecified atom stereocenters. The fourth-order valence-electron chi connectivity index (χ4n) is 1.20. The lowest BCUT2D eigenvalue weighted by molar-refractivity contribution is 0.219. The van der Waals surface area contributed by atoms with Crippen molar-refractivity contribution < 1.29 is 4.79 Å². The van der Waals surface area contributed by atoms with Gasteiger partial charge in [-0.2, -0.15) is 0 Å². The zero-order chi connectivity index (χ0) is 11.3. The molecule has 0 bridgehead atoms. The molecule has 1 aromatic carbocycles. The maximum absolute atomic E-state index is 10.8. The van der Waals surface area contributed by atoms with Crippen molar-refractivity contribution in [1.82, 2.24) is 4.90 Å². The molecule has 1 rings (SSSR count). The molecule has 0 fully saturated rings. The van der Waals surface area contributed by atoms with Crippen molar-refractivity contribution in [3.05, 3.63) is 29.8 Å². The van der Waals surface area contributed by atoms with Crippen LogP contribution in [0, 0.1) is 0 Å². The highest BCUT2D eigenvalue weighted by molar-refractivity contribution is 7.98. The number of thioether (sulfide) groups is 1. The molecule has 0 radical (unpaired) electrons. The molecule has 15 heavy (non-hydrogen) atoms. The number of urea groups is 1. The topological polar surface area (TPSA) is 46.3 Å². The fourth-order valence-corrected chi connectivity index (χ4v) is 1.61. The Balaban J connectivity index is 2.47. The minimum atomic E-state index is -0.379. The van der Waals surface area contributed by atoms with Crippen molar-refractivity contribution in [2.45, 2.75) is 11.3 Å². The minimum Gasteiger partial charge on any atom is -0.351 e. The van der Waals surface area contributed by atoms with Crippen LogP contribution in [0.25, 0.3) is 0 Å². The van der Waals surface area contributed by atoms with E-state index in [4.69, 9.17) is 5.73 Å². The molecule has 82 valence electrons. The van der Waals surface area contributed by atoms with Gasteiger partial charge in [-0.1, -0.05) is 12.1 Å². The maximum atomic E-state index is 10.8. The quantitative estimate of drug-likeness (QED) is 0.795. The van der Waals surface area contributed by atoms with Crippen LogP contribution in [0.4, 0.5) is 4.79 Å². The van der Waals surface area contributed by atoms with Crippen molar-refractivity contribution in [1.29, 1.82) is 0 Å². The summed E-state index contributed by atoms with van der Waals surface area (Å²) in [6, 6.07) is 7.96. The summed E-state index contributed by atoms with van der Waals surface area (Å²) in [5.74, 6) is 0. The van der Waals surface area contributed by atoms with E-state index in [2.05, 4.69) is 30.5 Å². The fraction of sp³-hybridized carbons (Fsp3) is 0.364. The first-order chi connectivity index (χ1) is 7.13. The molecule has 4 heteroatoms. The lowest BCUT2D eigenvalue weighted by Gasteiger charge is -2.13. The van der Waals surface area contributed by atoms with Gasteiger partial charge in [-0.05, 0) is 30.4 Å². The largest absolute Gasteiger partial charge is 0.351 e. The molecule has 2 amide bonds. The second kappa shape index (κ2) is 5.66. The van der Waals surface area contributed by atoms with Gasteiger partial charge in [0, 0.05) is 18.5 Å². The third-order valence-electron chi connectivity index (χ3n) is 2.27. The number of amides is 2. The summed E-state index contributed by atoms with van der Waals surface area (Å²) < 4.78 is 0. The van der Waals surface area contributed by atoms with Gasteiger partial charge in [-0.25, -0.2) is 4.79 Å². The third-order valence-corrected chi connectivity index (χ3v) is 3.01. The summed E-state index contributed by atoms with van der Waals surface area (Å²) in [4.78, 5) is 13.5. The third kappa shape index (κ3) is 3.83. The maximum Gasteiger partial charge on any atom is 0.314 e. The molecule has 0 aliphatic heterocycles. The molecule has 0 saturated carbocycles. The summed E-state index contributed by atoms with van der Waals surface area (Å²) in [6.07, 6.45) is 2.89. The van der Waals surface area contributed by atoms with Gasteiger partial charge in [-0.15, -0.1) is 11.8 Å². The number of rotatable bonds is 4. The van der Waals surface area contributed by atoms with Crippen molar-refractivity contribution >= 4 is 17.8 Å². The van der Waals surface area contributed by atoms with E-state index in [0.29, 0.717) is 6.54 Å². The summed E-state index contributed by atoms with van der Waals surface area (Å²) in [6.45, 7) is 0.661. The molecule has 0 saturated heterocycles. The Bertz CT molecular complexity index is 324. The standard InChI is InChI=1S/C11H16N2OS/c1-13(11(12)14)8-7-9-3-5-10(15-2)6-4-9/h3-6H,7-8H2,1-2H3,(H2,12,14). The van der Waals surface area contributed by atoms with Gasteiger partial charge in [0.2, 0.25) is 0 Å². The van der Waals surface area contributed by atoms with E-state index in [0.717, 1.165) is 6.42 Å². The predicted molar refractivity (Wildman–Crippen MR) is 64.1 cm³/mol. The zero-order valence-electron chi connectivity index (χ0n) is 9.06. The molecule has 0 aliphatic carbocycles. The first-order valence-corrected chi connectivity index (χ1v) is 5.99. The highest BCUT2D eigenvalue weighted by atomic mass is 32.2. The summed E-state index contributed by atoms with van der Waals surface area (Å²) in [5, 5.41) is 0. The molecule has 0 atom stereocenters. The minimum absolute atomic E-state index is 0.379. The molecule has 2 N–H and O–H groups in total. The van der Waals surface area contributed by atoms with E-state index >= 15 is 0 Å². The van der Waals surface area contributed by atoms with E-state index in [1.807, 2.05) is 0 Å². The smallest absolute Gasteiger partial charge is 0.314 e. The van der Waals surface area contributed by atoms with Crippen LogP contribution in [0.3, 0.4) is 0 Å². The SMILES string of the molecule is CSc1ccc(CCN(C)C(N)=O)cc1. The number of carbonyl (C=O) groups excluding carboxylic acids is 1. The van der Waals surface area contributed by atoms with Crippen molar-refractivity contribution in [2.24, 2.45) is 5.73 Å². The van der Waals surface area contributed by atoms with Crippen molar-refractivity contribution in [3.63, 3.8) is 0 Å². The number of carbonyl (C=O) groups is 1. The normalized spacial score (nSPS) is 10.0. The van der Waals surface area contributed by atoms with Crippen LogP contribution < -0.4 is 5.73 Å². The lowest BCUT2D eigenvalue weighted by Crippen LogP contribution is -2.33. The number of primary amides is 1. The number of hydrogen-bond donors (Lipinski definition) is 1. The van der Waals surface area contributed by atoms with E-state index in [1.54, 1.807) is 18.8 Å². The second-order valence-electron chi connectivity index (χ2n) is 3.36. The monoisotopic (exact) mass is 224 g/mol. The van der Waals surface area contributed by atoms with E-state index in [1.165, 1.54) is 15.4 Å². The molecule has 0 heterocycles. The summed E-state index contributed by atoms with van der Waals surface area (Å²) in [5.41, 5.74) is 6.35. The molecule has 0 aromatic heterocycles. The van der Waals surface area contributed by atoms with Crippen LogP contribution in [0.2, 0.25) is 0 Å². The molecule has 3 nitrogen and oxygen atoms in total. The van der Waals surface area contributed by atoms with Gasteiger partial charge in [0.05, 0.1) is 0 Å². The Kier molecular flexibility index (Phi) is 4.49. The molecule has 0 aliphatic rings. The lowest BCUT2D eigenvalue weighted by atomic mass is 10.1. The second-order valence-corrected chi connectivity index (χ2v) is 4.24. The van der Waals surface area contributed by atoms with Crippen LogP contribution in [0.5, 0.6) is 0 Å². The number of likely N-dealkylation sites (N-methyl/N-ethyl adjacent to an activating group) is 1. The summed E-state index contributed by atoms with van der Waals surface area (Å²) in [7, 11) is 1.71. The van der Waals surface area contributed by atoms with E-state index in [9.17, 15) is 4.79 Å². The van der Waals surface area contributed by atoms with Gasteiger partial charge >= 0.3 is 6.03 Å². The van der Waals surface area contributed by atoms with Gasteiger partial charge in [-0.3, -0.25) is 0 Å². The highest BCUT2D eigenvalue weighted by Gasteiger charge is 2.02. The average Bonchev–Trinajstić information content (AvgIpc) is 2.26. The molecule has 0 spiro atoms. The van der Waals surface area contributed by atoms with Gasteiger partial charge < -0.3 is 10.6 Å². The van der Waals surface area contributed by atoms with Crippen LogP contribution in [0.15, 0.2) is 29.2 Å². The van der Waals surface area contributed by atoms with Crippen molar-refractivity contribution in [2.75, 3.05) is 19.8 Å². The first-order valence-electron chi connectivity index (χ1n) is 4.77. The van der Waals surface area contributed by atoms with Crippen LogP contribution in [-0.4, -0.2) is 30.8 Å². The highest BCUT2D eigenvalue weighted by Crippen LogP contribution is 2.15. The number of benzene rings is 1. The zero-order valence-corrected chi connectivity index (χ0v) is 9.88. The van der Waals surface area contributed by atoms with E-state index < -0.39 is 0 Å². The van der Waals surface area contributed by atoms with Crippen LogP contribution in [-0.2, 0) is 6.42 Å². The Hall–Kier alpha value is -1.16. The van der Waals surface area contributed by atoms with Crippen LogP contribution in [0.1, 0.15) is 5.56 Å². The number of nitrogens with zero attached hydrogens (tertiary/aromatic N) is 1. The predicted octanol–water partition coefficient (Wildman–Crippen LogP) is 1.96. The average molecular weight is 224 g/mol. The number of nitrogens with two attached hydrogens (primary N) is 1. The van der Waals surface area contributed by atoms with Gasteiger partial charge in [0.1, 0.15) is 0 Å². The Labute approximate surface area is 94.6 Å². The van der Waals surface area contributed by atoms with Crippen LogP contribution >= 0.6 is 11.8 Å². The Morgan fingerprint density at radius 2 is 2.00 bits per heavy atom. The van der Waals surface area contributed by atoms with E-state index in [-0.39, 0.29) is 6.03 Å². The van der Waals surface area contributed by atoms with Gasteiger partial charge in [0.15, 0.2) is 0 Å². The summed E-state index contributed by atoms with van der Waals surface area (Å²) >= 11 is 1.72. The number of hydrogen-bond acceptors (Lipinski definition) is 2.